The van der Waals surface area contributed by atoms with E-state index >= 15 is 0 Å². The normalized spacial score (nSPS) is 13.4. The van der Waals surface area contributed by atoms with E-state index in [2.05, 4.69) is 10.2 Å². The fourth-order valence-electron chi connectivity index (χ4n) is 3.34. The molecule has 1 aliphatic heterocycles. The lowest BCUT2D eigenvalue weighted by Crippen LogP contribution is -2.31. The quantitative estimate of drug-likeness (QED) is 0.538. The molecule has 31 heavy (non-hydrogen) atoms. The topological polar surface area (TPSA) is 105 Å². The van der Waals surface area contributed by atoms with Crippen molar-refractivity contribution in [1.29, 1.82) is 0 Å². The second kappa shape index (κ2) is 9.92. The van der Waals surface area contributed by atoms with Crippen molar-refractivity contribution < 1.29 is 19.2 Å². The van der Waals surface area contributed by atoms with Crippen LogP contribution in [-0.2, 0) is 4.79 Å². The second-order valence-electron chi connectivity index (χ2n) is 7.56. The Labute approximate surface area is 180 Å². The van der Waals surface area contributed by atoms with Crippen LogP contribution in [0, 0.1) is 10.1 Å². The van der Waals surface area contributed by atoms with Crippen LogP contribution in [0.25, 0.3) is 0 Å². The van der Waals surface area contributed by atoms with Crippen LogP contribution in [0.2, 0.25) is 0 Å². The van der Waals surface area contributed by atoms with Gasteiger partial charge < -0.3 is 19.9 Å². The van der Waals surface area contributed by atoms with Gasteiger partial charge in [0.1, 0.15) is 5.75 Å². The summed E-state index contributed by atoms with van der Waals surface area (Å²) in [4.78, 5) is 38.9. The average Bonchev–Trinajstić information content (AvgIpc) is 2.78. The molecule has 3 rings (SSSR count). The first-order valence-electron chi connectivity index (χ1n) is 10.1. The number of anilines is 2. The highest BCUT2D eigenvalue weighted by Gasteiger charge is 2.22. The monoisotopic (exact) mass is 426 g/mol. The first-order valence-corrected chi connectivity index (χ1v) is 10.1. The number of benzene rings is 2. The Balaban J connectivity index is 1.75. The lowest BCUT2D eigenvalue weighted by Gasteiger charge is -2.30. The van der Waals surface area contributed by atoms with Crippen molar-refractivity contribution >= 4 is 28.9 Å². The summed E-state index contributed by atoms with van der Waals surface area (Å²) < 4.78 is 5.43. The molecule has 2 aromatic carbocycles. The number of non-ortho nitro benzene ring substituents is 1. The number of piperidine rings is 1. The molecule has 2 aromatic rings. The van der Waals surface area contributed by atoms with Gasteiger partial charge in [-0.2, -0.15) is 0 Å². The maximum absolute atomic E-state index is 13.0. The molecule has 0 radical (unpaired) electrons. The molecule has 1 saturated heterocycles. The summed E-state index contributed by atoms with van der Waals surface area (Å²) in [6, 6.07) is 11.0. The van der Waals surface area contributed by atoms with Crippen molar-refractivity contribution in [2.45, 2.75) is 19.3 Å². The number of nitro groups is 1. The zero-order chi connectivity index (χ0) is 22.4. The Morgan fingerprint density at radius 1 is 1.10 bits per heavy atom. The molecule has 0 saturated carbocycles. The Hall–Kier alpha value is -3.62. The van der Waals surface area contributed by atoms with E-state index in [0.717, 1.165) is 32.4 Å². The third-order valence-electron chi connectivity index (χ3n) is 5.11. The zero-order valence-corrected chi connectivity index (χ0v) is 17.7. The van der Waals surface area contributed by atoms with Crippen molar-refractivity contribution in [2.75, 3.05) is 44.0 Å². The van der Waals surface area contributed by atoms with Crippen molar-refractivity contribution in [3.63, 3.8) is 0 Å². The number of nitro benzene ring substituents is 1. The minimum Gasteiger partial charge on any atom is -0.484 e. The molecule has 0 aliphatic carbocycles. The Bertz CT molecular complexity index is 953. The number of amides is 2. The van der Waals surface area contributed by atoms with Gasteiger partial charge in [0.05, 0.1) is 16.2 Å². The van der Waals surface area contributed by atoms with Gasteiger partial charge in [-0.3, -0.25) is 19.7 Å². The van der Waals surface area contributed by atoms with Crippen LogP contribution in [-0.4, -0.2) is 55.4 Å². The van der Waals surface area contributed by atoms with Crippen molar-refractivity contribution in [2.24, 2.45) is 0 Å². The highest BCUT2D eigenvalue weighted by atomic mass is 16.6. The van der Waals surface area contributed by atoms with E-state index in [1.807, 2.05) is 0 Å². The first kappa shape index (κ1) is 22.1. The maximum atomic E-state index is 13.0. The second-order valence-corrected chi connectivity index (χ2v) is 7.56. The number of nitrogens with one attached hydrogen (secondary N) is 1. The summed E-state index contributed by atoms with van der Waals surface area (Å²) in [5.41, 5.74) is 1.37. The molecule has 0 bridgehead atoms. The lowest BCUT2D eigenvalue weighted by atomic mass is 10.1. The molecular weight excluding hydrogens is 400 g/mol. The molecule has 0 spiro atoms. The van der Waals surface area contributed by atoms with Crippen LogP contribution in [0.1, 0.15) is 29.6 Å². The van der Waals surface area contributed by atoms with Gasteiger partial charge in [-0.25, -0.2) is 0 Å². The van der Waals surface area contributed by atoms with Gasteiger partial charge in [-0.05, 0) is 49.6 Å². The molecule has 1 heterocycles. The predicted molar refractivity (Wildman–Crippen MR) is 118 cm³/mol. The van der Waals surface area contributed by atoms with Crippen LogP contribution in [0.5, 0.6) is 5.75 Å². The van der Waals surface area contributed by atoms with Gasteiger partial charge in [0.25, 0.3) is 17.5 Å². The molecular formula is C22H26N4O5. The number of carbonyl (C=O) groups is 2. The lowest BCUT2D eigenvalue weighted by molar-refractivity contribution is -0.384. The predicted octanol–water partition coefficient (Wildman–Crippen LogP) is 3.30. The molecule has 0 atom stereocenters. The highest BCUT2D eigenvalue weighted by molar-refractivity contribution is 6.08. The summed E-state index contributed by atoms with van der Waals surface area (Å²) >= 11 is 0. The van der Waals surface area contributed by atoms with Crippen LogP contribution >= 0.6 is 0 Å². The Morgan fingerprint density at radius 3 is 2.39 bits per heavy atom. The largest absolute Gasteiger partial charge is 0.484 e. The first-order chi connectivity index (χ1) is 14.8. The van der Waals surface area contributed by atoms with E-state index in [1.54, 1.807) is 44.4 Å². The van der Waals surface area contributed by atoms with E-state index in [0.29, 0.717) is 17.1 Å². The van der Waals surface area contributed by atoms with Gasteiger partial charge in [-0.1, -0.05) is 0 Å². The molecule has 1 fully saturated rings. The molecule has 1 N–H and O–H groups in total. The highest BCUT2D eigenvalue weighted by Crippen LogP contribution is 2.29. The summed E-state index contributed by atoms with van der Waals surface area (Å²) in [7, 11) is 3.30. The number of carbonyl (C=O) groups excluding carboxylic acids is 2. The van der Waals surface area contributed by atoms with Crippen molar-refractivity contribution in [1.82, 2.24) is 4.90 Å². The molecule has 2 amide bonds. The van der Waals surface area contributed by atoms with Gasteiger partial charge >= 0.3 is 0 Å². The van der Waals surface area contributed by atoms with Crippen LogP contribution in [0.15, 0.2) is 42.5 Å². The van der Waals surface area contributed by atoms with Gasteiger partial charge in [-0.15, -0.1) is 0 Å². The summed E-state index contributed by atoms with van der Waals surface area (Å²) in [5, 5.41) is 14.0. The number of nitrogens with zero attached hydrogens (tertiary/aromatic N) is 3. The van der Waals surface area contributed by atoms with Gasteiger partial charge in [0.2, 0.25) is 0 Å². The molecule has 0 aromatic heterocycles. The number of hydrogen-bond donors (Lipinski definition) is 1. The third-order valence-corrected chi connectivity index (χ3v) is 5.11. The molecule has 9 nitrogen and oxygen atoms in total. The number of hydrogen-bond acceptors (Lipinski definition) is 6. The summed E-state index contributed by atoms with van der Waals surface area (Å²) in [5.74, 6) is -0.0772. The zero-order valence-electron chi connectivity index (χ0n) is 17.7. The van der Waals surface area contributed by atoms with E-state index in [4.69, 9.17) is 4.74 Å². The van der Waals surface area contributed by atoms with Gasteiger partial charge in [0.15, 0.2) is 6.61 Å². The number of rotatable bonds is 7. The van der Waals surface area contributed by atoms with Crippen LogP contribution < -0.4 is 15.0 Å². The molecule has 0 unspecified atom stereocenters. The van der Waals surface area contributed by atoms with E-state index in [9.17, 15) is 19.7 Å². The number of likely N-dealkylation sites (N-methyl/N-ethyl adjacent to an activating group) is 1. The van der Waals surface area contributed by atoms with Crippen LogP contribution in [0.3, 0.4) is 0 Å². The smallest absolute Gasteiger partial charge is 0.270 e. The van der Waals surface area contributed by atoms with Gasteiger partial charge in [0, 0.05) is 45.0 Å². The minimum atomic E-state index is -0.502. The molecule has 9 heteroatoms. The average molecular weight is 426 g/mol. The maximum Gasteiger partial charge on any atom is 0.270 e. The number of ether oxygens (including phenoxy) is 1. The fraction of sp³-hybridized carbons (Fsp3) is 0.364. The van der Waals surface area contributed by atoms with E-state index in [-0.39, 0.29) is 23.8 Å². The fourth-order valence-corrected chi connectivity index (χ4v) is 3.34. The third kappa shape index (κ3) is 5.71. The van der Waals surface area contributed by atoms with Crippen molar-refractivity contribution in [3.8, 4) is 5.75 Å². The SMILES string of the molecule is CN(C)C(=O)COc1ccc(NC(=O)c2cc([N+](=O)[O-])ccc2N2CCCCC2)cc1. The van der Waals surface area contributed by atoms with E-state index < -0.39 is 10.8 Å². The van der Waals surface area contributed by atoms with Crippen molar-refractivity contribution in [3.05, 3.63) is 58.1 Å². The van der Waals surface area contributed by atoms with Crippen LogP contribution in [0.4, 0.5) is 17.1 Å². The Kier molecular flexibility index (Phi) is 7.07. The minimum absolute atomic E-state index is 0.0778. The molecule has 164 valence electrons. The summed E-state index contributed by atoms with van der Waals surface area (Å²) in [6.45, 7) is 1.55. The van der Waals surface area contributed by atoms with E-state index in [1.165, 1.54) is 17.0 Å². The standard InChI is InChI=1S/C22H26N4O5/c1-24(2)21(27)15-31-18-9-6-16(7-10-18)23-22(28)19-14-17(26(29)30)8-11-20(19)25-12-4-3-5-13-25/h6-11,14H,3-5,12-13,15H2,1-2H3,(H,23,28). The summed E-state index contributed by atoms with van der Waals surface area (Å²) in [6.07, 6.45) is 3.19. The molecule has 1 aliphatic rings. The Morgan fingerprint density at radius 2 is 1.77 bits per heavy atom.